The second kappa shape index (κ2) is 9.09. The number of nitrogens with zero attached hydrogens (tertiary/aromatic N) is 7. The molecule has 2 atom stereocenters. The minimum atomic E-state index is -2.78. The Morgan fingerprint density at radius 2 is 1.94 bits per heavy atom. The number of carbonyl (C=O) groups is 1. The first-order valence-electron chi connectivity index (χ1n) is 11.3. The Morgan fingerprint density at radius 1 is 1.20 bits per heavy atom. The lowest BCUT2D eigenvalue weighted by Gasteiger charge is -2.44. The standard InChI is InChI=1S/C24H27F2N7O2/c1-14-11-32(23(34)35-24(3,4)5)15(2)10-31(14)21-19-17(20(25)26)12-33(22(19)30-13-29-21)18-8-16(9-27)6-7-28-18/h6-8,12-15,20H,10-11H2,1-5H3. The van der Waals surface area contributed by atoms with Crippen molar-refractivity contribution in [1.82, 2.24) is 24.4 Å². The fourth-order valence-electron chi connectivity index (χ4n) is 4.25. The molecule has 1 aliphatic rings. The average molecular weight is 484 g/mol. The zero-order valence-electron chi connectivity index (χ0n) is 20.2. The number of anilines is 1. The quantitative estimate of drug-likeness (QED) is 0.542. The van der Waals surface area contributed by atoms with E-state index in [2.05, 4.69) is 15.0 Å². The van der Waals surface area contributed by atoms with Gasteiger partial charge < -0.3 is 14.5 Å². The van der Waals surface area contributed by atoms with Crippen molar-refractivity contribution < 1.29 is 18.3 Å². The summed E-state index contributed by atoms with van der Waals surface area (Å²) >= 11 is 0. The molecular weight excluding hydrogens is 456 g/mol. The zero-order chi connectivity index (χ0) is 25.5. The number of amides is 1. The van der Waals surface area contributed by atoms with Crippen LogP contribution in [0, 0.1) is 11.3 Å². The van der Waals surface area contributed by atoms with Crippen LogP contribution in [0.4, 0.5) is 19.4 Å². The Balaban J connectivity index is 1.76. The molecule has 0 radical (unpaired) electrons. The van der Waals surface area contributed by atoms with Gasteiger partial charge in [-0.3, -0.25) is 4.57 Å². The molecule has 3 aromatic rings. The number of alkyl halides is 2. The number of halogens is 2. The molecular formula is C24H27F2N7O2. The predicted molar refractivity (Wildman–Crippen MR) is 126 cm³/mol. The molecule has 0 N–H and O–H groups in total. The van der Waals surface area contributed by atoms with Crippen LogP contribution in [0.1, 0.15) is 52.2 Å². The third-order valence-electron chi connectivity index (χ3n) is 5.83. The van der Waals surface area contributed by atoms with Crippen LogP contribution in [0.2, 0.25) is 0 Å². The van der Waals surface area contributed by atoms with Crippen molar-refractivity contribution in [2.45, 2.75) is 58.7 Å². The monoisotopic (exact) mass is 483 g/mol. The number of ether oxygens (including phenoxy) is 1. The minimum absolute atomic E-state index is 0.217. The Hall–Kier alpha value is -3.81. The van der Waals surface area contributed by atoms with Crippen LogP contribution in [-0.2, 0) is 4.74 Å². The van der Waals surface area contributed by atoms with Crippen molar-refractivity contribution in [2.24, 2.45) is 0 Å². The maximum Gasteiger partial charge on any atom is 0.410 e. The smallest absolute Gasteiger partial charge is 0.410 e. The van der Waals surface area contributed by atoms with Crippen molar-refractivity contribution in [3.05, 3.63) is 42.0 Å². The third kappa shape index (κ3) is 4.73. The van der Waals surface area contributed by atoms with Gasteiger partial charge in [-0.1, -0.05) is 0 Å². The van der Waals surface area contributed by atoms with Crippen LogP contribution in [0.25, 0.3) is 16.9 Å². The van der Waals surface area contributed by atoms with Crippen LogP contribution < -0.4 is 4.90 Å². The lowest BCUT2D eigenvalue weighted by atomic mass is 10.1. The molecule has 1 amide bonds. The van der Waals surface area contributed by atoms with Crippen LogP contribution in [0.3, 0.4) is 0 Å². The van der Waals surface area contributed by atoms with Crippen molar-refractivity contribution in [3.8, 4) is 11.9 Å². The lowest BCUT2D eigenvalue weighted by molar-refractivity contribution is 0.0130. The van der Waals surface area contributed by atoms with Crippen molar-refractivity contribution >= 4 is 22.9 Å². The summed E-state index contributed by atoms with van der Waals surface area (Å²) in [4.78, 5) is 29.2. The highest BCUT2D eigenvalue weighted by molar-refractivity contribution is 5.93. The predicted octanol–water partition coefficient (Wildman–Crippen LogP) is 4.46. The van der Waals surface area contributed by atoms with E-state index in [0.29, 0.717) is 30.3 Å². The number of pyridine rings is 1. The number of hydrogen-bond donors (Lipinski definition) is 0. The number of fused-ring (bicyclic) bond motifs is 1. The molecule has 35 heavy (non-hydrogen) atoms. The summed E-state index contributed by atoms with van der Waals surface area (Å²) < 4.78 is 35.4. The fraction of sp³-hybridized carbons (Fsp3) is 0.458. The number of piperazine rings is 1. The Kier molecular flexibility index (Phi) is 6.32. The summed E-state index contributed by atoms with van der Waals surface area (Å²) in [5, 5.41) is 9.45. The molecule has 0 aromatic carbocycles. The Bertz CT molecular complexity index is 1300. The van der Waals surface area contributed by atoms with Crippen LogP contribution in [0.5, 0.6) is 0 Å². The van der Waals surface area contributed by atoms with Crippen LogP contribution in [-0.4, -0.2) is 61.3 Å². The van der Waals surface area contributed by atoms with Gasteiger partial charge in [0.25, 0.3) is 6.43 Å². The maximum absolute atomic E-state index is 14.2. The van der Waals surface area contributed by atoms with E-state index in [-0.39, 0.29) is 28.7 Å². The second-order valence-electron chi connectivity index (χ2n) is 9.65. The SMILES string of the molecule is CC1CN(c2ncnc3c2c(C(F)F)cn3-c2cc(C#N)ccn2)C(C)CN1C(=O)OC(C)(C)C. The van der Waals surface area contributed by atoms with Gasteiger partial charge in [0, 0.05) is 43.1 Å². The molecule has 0 saturated carbocycles. The lowest BCUT2D eigenvalue weighted by Crippen LogP contribution is -2.59. The summed E-state index contributed by atoms with van der Waals surface area (Å²) in [6.45, 7) is 9.95. The summed E-state index contributed by atoms with van der Waals surface area (Å²) in [5.74, 6) is 0.672. The van der Waals surface area contributed by atoms with Gasteiger partial charge in [0.15, 0.2) is 5.65 Å². The van der Waals surface area contributed by atoms with Crippen LogP contribution >= 0.6 is 0 Å². The van der Waals surface area contributed by atoms with E-state index in [4.69, 9.17) is 4.74 Å². The van der Waals surface area contributed by atoms with Gasteiger partial charge >= 0.3 is 6.09 Å². The van der Waals surface area contributed by atoms with Gasteiger partial charge in [0.2, 0.25) is 0 Å². The molecule has 2 unspecified atom stereocenters. The molecule has 1 fully saturated rings. The molecule has 0 aliphatic carbocycles. The topological polar surface area (TPSA) is 100 Å². The molecule has 11 heteroatoms. The summed E-state index contributed by atoms with van der Waals surface area (Å²) in [7, 11) is 0. The van der Waals surface area contributed by atoms with Gasteiger partial charge in [0.1, 0.15) is 23.6 Å². The summed E-state index contributed by atoms with van der Waals surface area (Å²) in [6.07, 6.45) is 0.881. The largest absolute Gasteiger partial charge is 0.444 e. The number of aromatic nitrogens is 4. The Morgan fingerprint density at radius 3 is 2.60 bits per heavy atom. The molecule has 1 saturated heterocycles. The van der Waals surface area contributed by atoms with E-state index in [0.717, 1.165) is 0 Å². The van der Waals surface area contributed by atoms with E-state index in [9.17, 15) is 18.8 Å². The number of rotatable bonds is 3. The molecule has 1 aliphatic heterocycles. The summed E-state index contributed by atoms with van der Waals surface area (Å²) in [6, 6.07) is 4.63. The number of nitriles is 1. The highest BCUT2D eigenvalue weighted by Crippen LogP contribution is 2.37. The minimum Gasteiger partial charge on any atom is -0.444 e. The average Bonchev–Trinajstić information content (AvgIpc) is 3.19. The van der Waals surface area contributed by atoms with Crippen molar-refractivity contribution in [3.63, 3.8) is 0 Å². The third-order valence-corrected chi connectivity index (χ3v) is 5.83. The van der Waals surface area contributed by atoms with Gasteiger partial charge in [-0.25, -0.2) is 28.5 Å². The van der Waals surface area contributed by atoms with E-state index in [1.807, 2.05) is 45.6 Å². The van der Waals surface area contributed by atoms with Gasteiger partial charge in [-0.2, -0.15) is 5.26 Å². The fourth-order valence-corrected chi connectivity index (χ4v) is 4.25. The summed E-state index contributed by atoms with van der Waals surface area (Å²) in [5.41, 5.74) is -0.232. The molecule has 0 spiro atoms. The molecule has 0 bridgehead atoms. The first kappa shape index (κ1) is 24.3. The van der Waals surface area contributed by atoms with E-state index in [1.165, 1.54) is 35.4 Å². The van der Waals surface area contributed by atoms with Gasteiger partial charge in [0.05, 0.1) is 17.0 Å². The second-order valence-corrected chi connectivity index (χ2v) is 9.65. The number of hydrogen-bond acceptors (Lipinski definition) is 7. The van der Waals surface area contributed by atoms with E-state index in [1.54, 1.807) is 4.90 Å². The number of carbonyl (C=O) groups excluding carboxylic acids is 1. The molecule has 184 valence electrons. The molecule has 9 nitrogen and oxygen atoms in total. The first-order valence-corrected chi connectivity index (χ1v) is 11.3. The molecule has 3 aromatic heterocycles. The Labute approximate surface area is 202 Å². The molecule has 4 rings (SSSR count). The molecule has 4 heterocycles. The van der Waals surface area contributed by atoms with E-state index >= 15 is 0 Å². The highest BCUT2D eigenvalue weighted by Gasteiger charge is 2.36. The normalized spacial score (nSPS) is 18.7. The van der Waals surface area contributed by atoms with Crippen LogP contribution in [0.15, 0.2) is 30.9 Å². The van der Waals surface area contributed by atoms with Gasteiger partial charge in [-0.15, -0.1) is 0 Å². The van der Waals surface area contributed by atoms with Crippen molar-refractivity contribution in [1.29, 1.82) is 5.26 Å². The first-order chi connectivity index (χ1) is 16.5. The van der Waals surface area contributed by atoms with Crippen molar-refractivity contribution in [2.75, 3.05) is 18.0 Å². The zero-order valence-corrected chi connectivity index (χ0v) is 20.2. The maximum atomic E-state index is 14.2. The highest BCUT2D eigenvalue weighted by atomic mass is 19.3. The van der Waals surface area contributed by atoms with E-state index < -0.39 is 18.1 Å². The van der Waals surface area contributed by atoms with Gasteiger partial charge in [-0.05, 0) is 46.8 Å².